The lowest BCUT2D eigenvalue weighted by Crippen LogP contribution is -2.24. The van der Waals surface area contributed by atoms with Gasteiger partial charge in [0.25, 0.3) is 0 Å². The van der Waals surface area contributed by atoms with Gasteiger partial charge in [-0.25, -0.2) is 0 Å². The first-order valence-corrected chi connectivity index (χ1v) is 10.2. The van der Waals surface area contributed by atoms with Crippen molar-refractivity contribution in [2.24, 2.45) is 5.41 Å². The number of halogens is 3. The van der Waals surface area contributed by atoms with E-state index in [0.29, 0.717) is 6.54 Å². The number of rotatable bonds is 8. The van der Waals surface area contributed by atoms with Gasteiger partial charge in [0.1, 0.15) is 5.75 Å². The highest BCUT2D eigenvalue weighted by atomic mass is 19.4. The predicted molar refractivity (Wildman–Crippen MR) is 118 cm³/mol. The fraction of sp³-hybridized carbons (Fsp3) is 0.458. The topological polar surface area (TPSA) is 50.4 Å². The fourth-order valence-corrected chi connectivity index (χ4v) is 3.78. The van der Waals surface area contributed by atoms with Crippen LogP contribution in [0.4, 0.5) is 24.5 Å². The number of hydrogen-bond donors (Lipinski definition) is 2. The molecule has 0 saturated carbocycles. The van der Waals surface area contributed by atoms with Crippen LogP contribution in [0.5, 0.6) is 5.75 Å². The van der Waals surface area contributed by atoms with E-state index in [1.165, 1.54) is 23.8 Å². The molecule has 170 valence electrons. The molecule has 0 aliphatic carbocycles. The van der Waals surface area contributed by atoms with E-state index in [-0.39, 0.29) is 34.6 Å². The van der Waals surface area contributed by atoms with Gasteiger partial charge in [0.15, 0.2) is 0 Å². The summed E-state index contributed by atoms with van der Waals surface area (Å²) >= 11 is 0. The van der Waals surface area contributed by atoms with Gasteiger partial charge in [0, 0.05) is 30.4 Å². The van der Waals surface area contributed by atoms with Crippen LogP contribution in [0.2, 0.25) is 0 Å². The van der Waals surface area contributed by atoms with E-state index in [0.717, 1.165) is 18.2 Å². The van der Waals surface area contributed by atoms with Crippen molar-refractivity contribution in [3.05, 3.63) is 54.1 Å². The molecule has 0 spiro atoms. The summed E-state index contributed by atoms with van der Waals surface area (Å²) in [5.74, 6) is -0.683. The second-order valence-electron chi connectivity index (χ2n) is 9.50. The molecule has 0 saturated heterocycles. The maximum Gasteiger partial charge on any atom is 0.573 e. The molecule has 0 aromatic heterocycles. The van der Waals surface area contributed by atoms with Crippen LogP contribution in [0, 0.1) is 5.41 Å². The zero-order chi connectivity index (χ0) is 23.3. The number of carbonyl (C=O) groups excluding carboxylic acids is 1. The van der Waals surface area contributed by atoms with Crippen LogP contribution >= 0.6 is 0 Å². The van der Waals surface area contributed by atoms with E-state index in [1.54, 1.807) is 0 Å². The van der Waals surface area contributed by atoms with E-state index in [2.05, 4.69) is 62.1 Å². The number of alkyl halides is 3. The second-order valence-corrected chi connectivity index (χ2v) is 9.50. The molecule has 7 heteroatoms. The van der Waals surface area contributed by atoms with Crippen LogP contribution in [0.1, 0.15) is 53.0 Å². The average molecular weight is 437 g/mol. The van der Waals surface area contributed by atoms with Gasteiger partial charge in [-0.15, -0.1) is 13.2 Å². The molecular formula is C24H31F3N2O2. The Hall–Kier alpha value is -2.70. The van der Waals surface area contributed by atoms with E-state index in [1.807, 2.05) is 12.1 Å². The summed E-state index contributed by atoms with van der Waals surface area (Å²) in [6.07, 6.45) is -3.55. The monoisotopic (exact) mass is 436 g/mol. The maximum atomic E-state index is 12.3. The number of hydrogen-bond acceptors (Lipinski definition) is 3. The van der Waals surface area contributed by atoms with Crippen LogP contribution in [-0.2, 0) is 10.2 Å². The summed E-state index contributed by atoms with van der Waals surface area (Å²) in [6.45, 7) is 11.6. The van der Waals surface area contributed by atoms with E-state index in [4.69, 9.17) is 0 Å². The minimum Gasteiger partial charge on any atom is -0.406 e. The molecule has 2 aromatic rings. The van der Waals surface area contributed by atoms with Gasteiger partial charge in [-0.3, -0.25) is 4.79 Å². The summed E-state index contributed by atoms with van der Waals surface area (Å²) < 4.78 is 40.8. The lowest BCUT2D eigenvalue weighted by atomic mass is 9.72. The molecule has 2 rings (SSSR count). The number of amides is 1. The number of benzene rings is 2. The lowest BCUT2D eigenvalue weighted by molar-refractivity contribution is -0.274. The summed E-state index contributed by atoms with van der Waals surface area (Å²) in [5.41, 5.74) is 2.69. The SMILES string of the molecule is CC(C)(C)CC(C)(C)c1ccc(NCCC(=O)Nc2cccc(OC(F)(F)F)c2)cc1. The van der Waals surface area contributed by atoms with Crippen LogP contribution in [-0.4, -0.2) is 18.8 Å². The third-order valence-corrected chi connectivity index (χ3v) is 4.67. The lowest BCUT2D eigenvalue weighted by Gasteiger charge is -2.33. The molecule has 2 aromatic carbocycles. The van der Waals surface area contributed by atoms with Crippen molar-refractivity contribution in [2.75, 3.05) is 17.2 Å². The van der Waals surface area contributed by atoms with Crippen molar-refractivity contribution in [3.63, 3.8) is 0 Å². The molecule has 0 aliphatic heterocycles. The third kappa shape index (κ3) is 8.90. The van der Waals surface area contributed by atoms with Gasteiger partial charge in [-0.05, 0) is 47.1 Å². The zero-order valence-corrected chi connectivity index (χ0v) is 18.7. The number of ether oxygens (including phenoxy) is 1. The van der Waals surface area contributed by atoms with Gasteiger partial charge < -0.3 is 15.4 Å². The zero-order valence-electron chi connectivity index (χ0n) is 18.7. The predicted octanol–water partition coefficient (Wildman–Crippen LogP) is 6.74. The molecule has 0 atom stereocenters. The van der Waals surface area contributed by atoms with Crippen molar-refractivity contribution >= 4 is 17.3 Å². The number of anilines is 2. The van der Waals surface area contributed by atoms with Crippen LogP contribution in [0.15, 0.2) is 48.5 Å². The van der Waals surface area contributed by atoms with E-state index in [9.17, 15) is 18.0 Å². The normalized spacial score (nSPS) is 12.4. The highest BCUT2D eigenvalue weighted by Gasteiger charge is 2.31. The van der Waals surface area contributed by atoms with Crippen molar-refractivity contribution in [1.29, 1.82) is 0 Å². The minimum absolute atomic E-state index is 0.0566. The average Bonchev–Trinajstić information content (AvgIpc) is 2.59. The molecule has 0 bridgehead atoms. The van der Waals surface area contributed by atoms with Crippen LogP contribution in [0.25, 0.3) is 0 Å². The summed E-state index contributed by atoms with van der Waals surface area (Å²) in [6, 6.07) is 13.4. The number of carbonyl (C=O) groups is 1. The van der Waals surface area contributed by atoms with Gasteiger partial charge in [-0.1, -0.05) is 52.8 Å². The largest absolute Gasteiger partial charge is 0.573 e. The molecule has 31 heavy (non-hydrogen) atoms. The Bertz CT molecular complexity index is 870. The first-order chi connectivity index (χ1) is 14.2. The Morgan fingerprint density at radius 1 is 0.935 bits per heavy atom. The first kappa shape index (κ1) is 24.6. The van der Waals surface area contributed by atoms with E-state index >= 15 is 0 Å². The Labute approximate surface area is 182 Å². The van der Waals surface area contributed by atoms with Crippen molar-refractivity contribution in [3.8, 4) is 5.75 Å². The molecule has 0 aliphatic rings. The van der Waals surface area contributed by atoms with Crippen molar-refractivity contribution in [2.45, 2.75) is 59.2 Å². The summed E-state index contributed by atoms with van der Waals surface area (Å²) in [4.78, 5) is 12.1. The Balaban J connectivity index is 1.84. The van der Waals surface area contributed by atoms with Crippen LogP contribution in [0.3, 0.4) is 0 Å². The summed E-state index contributed by atoms with van der Waals surface area (Å²) in [5, 5.41) is 5.78. The molecular weight excluding hydrogens is 405 g/mol. The highest BCUT2D eigenvalue weighted by molar-refractivity contribution is 5.91. The third-order valence-electron chi connectivity index (χ3n) is 4.67. The Kier molecular flexibility index (Phi) is 7.63. The molecule has 0 radical (unpaired) electrons. The number of nitrogens with one attached hydrogen (secondary N) is 2. The first-order valence-electron chi connectivity index (χ1n) is 10.2. The highest BCUT2D eigenvalue weighted by Crippen LogP contribution is 2.36. The summed E-state index contributed by atoms with van der Waals surface area (Å²) in [7, 11) is 0. The minimum atomic E-state index is -4.77. The van der Waals surface area contributed by atoms with Crippen LogP contribution < -0.4 is 15.4 Å². The van der Waals surface area contributed by atoms with Gasteiger partial charge in [0.2, 0.25) is 5.91 Å². The molecule has 0 fully saturated rings. The standard InChI is InChI=1S/C24H31F3N2O2/c1-22(2,3)16-23(4,5)17-9-11-18(12-10-17)28-14-13-21(30)29-19-7-6-8-20(15-19)31-24(25,26)27/h6-12,15,28H,13-14,16H2,1-5H3,(H,29,30). The molecule has 4 nitrogen and oxygen atoms in total. The Morgan fingerprint density at radius 2 is 1.58 bits per heavy atom. The molecule has 1 amide bonds. The van der Waals surface area contributed by atoms with Gasteiger partial charge in [-0.2, -0.15) is 0 Å². The van der Waals surface area contributed by atoms with E-state index < -0.39 is 6.36 Å². The van der Waals surface area contributed by atoms with Crippen molar-refractivity contribution < 1.29 is 22.7 Å². The van der Waals surface area contributed by atoms with Gasteiger partial charge >= 0.3 is 6.36 Å². The Morgan fingerprint density at radius 3 is 2.16 bits per heavy atom. The second kappa shape index (κ2) is 9.62. The molecule has 0 unspecified atom stereocenters. The quantitative estimate of drug-likeness (QED) is 0.482. The molecule has 0 heterocycles. The smallest absolute Gasteiger partial charge is 0.406 e. The van der Waals surface area contributed by atoms with Crippen molar-refractivity contribution in [1.82, 2.24) is 0 Å². The maximum absolute atomic E-state index is 12.3. The fourth-order valence-electron chi connectivity index (χ4n) is 3.78. The van der Waals surface area contributed by atoms with Gasteiger partial charge in [0.05, 0.1) is 0 Å². The molecule has 2 N–H and O–H groups in total.